The molecule has 6 heteroatoms. The second kappa shape index (κ2) is 4.26. The highest BCUT2D eigenvalue weighted by molar-refractivity contribution is 7.71. The predicted octanol–water partition coefficient (Wildman–Crippen LogP) is 3.13. The van der Waals surface area contributed by atoms with Crippen LogP contribution in [0.25, 0.3) is 11.0 Å². The number of hydrogen-bond donors (Lipinski definition) is 1. The number of aromatic nitrogens is 4. The number of benzene rings is 1. The molecule has 0 bridgehead atoms. The van der Waals surface area contributed by atoms with Crippen molar-refractivity contribution < 1.29 is 0 Å². The Hall–Kier alpha value is -1.59. The van der Waals surface area contributed by atoms with Gasteiger partial charge in [0.1, 0.15) is 0 Å². The lowest BCUT2D eigenvalue weighted by Gasteiger charge is -2.03. The van der Waals surface area contributed by atoms with Crippen molar-refractivity contribution in [1.82, 2.24) is 19.3 Å². The lowest BCUT2D eigenvalue weighted by molar-refractivity contribution is 0.763. The van der Waals surface area contributed by atoms with Crippen molar-refractivity contribution >= 4 is 34.9 Å². The molecule has 0 amide bonds. The van der Waals surface area contributed by atoms with Crippen LogP contribution in [-0.2, 0) is 13.6 Å². The summed E-state index contributed by atoms with van der Waals surface area (Å²) in [6.07, 6.45) is 3.80. The van der Waals surface area contributed by atoms with Crippen molar-refractivity contribution in [2.45, 2.75) is 6.54 Å². The third-order valence-electron chi connectivity index (χ3n) is 2.84. The maximum atomic E-state index is 6.24. The number of halogens is 1. The van der Waals surface area contributed by atoms with E-state index in [1.165, 1.54) is 0 Å². The minimum atomic E-state index is 0.663. The highest BCUT2D eigenvalue weighted by Gasteiger charge is 2.09. The number of fused-ring (bicyclic) bond motifs is 1. The number of nitrogens with zero attached hydrogens (tertiary/aromatic N) is 3. The van der Waals surface area contributed by atoms with Crippen molar-refractivity contribution in [1.29, 1.82) is 0 Å². The summed E-state index contributed by atoms with van der Waals surface area (Å²) in [5.74, 6) is 0. The summed E-state index contributed by atoms with van der Waals surface area (Å²) in [4.78, 5) is 3.16. The van der Waals surface area contributed by atoms with E-state index in [1.807, 2.05) is 42.2 Å². The molecule has 1 N–H and O–H groups in total. The standard InChI is InChI=1S/C12H11ClN4S/c1-16-6-8(5-14-16)7-17-11-9(13)3-2-4-10(11)15-12(17)18/h2-6H,7H2,1H3,(H,15,18). The van der Waals surface area contributed by atoms with E-state index in [0.29, 0.717) is 16.3 Å². The molecule has 4 nitrogen and oxygen atoms in total. The van der Waals surface area contributed by atoms with Gasteiger partial charge in [0.15, 0.2) is 4.77 Å². The molecule has 2 aromatic heterocycles. The molecule has 0 saturated heterocycles. The number of imidazole rings is 1. The van der Waals surface area contributed by atoms with Crippen LogP contribution in [-0.4, -0.2) is 19.3 Å². The molecule has 0 atom stereocenters. The van der Waals surface area contributed by atoms with Crippen molar-refractivity contribution in [3.63, 3.8) is 0 Å². The fraction of sp³-hybridized carbons (Fsp3) is 0.167. The zero-order chi connectivity index (χ0) is 12.7. The van der Waals surface area contributed by atoms with Crippen LogP contribution in [0.1, 0.15) is 5.56 Å². The summed E-state index contributed by atoms with van der Waals surface area (Å²) in [6.45, 7) is 0.663. The van der Waals surface area contributed by atoms with E-state index in [4.69, 9.17) is 23.8 Å². The molecule has 3 rings (SSSR count). The number of hydrogen-bond acceptors (Lipinski definition) is 2. The lowest BCUT2D eigenvalue weighted by Crippen LogP contribution is -1.99. The van der Waals surface area contributed by atoms with E-state index in [1.54, 1.807) is 4.68 Å². The molecule has 2 heterocycles. The molecule has 0 unspecified atom stereocenters. The smallest absolute Gasteiger partial charge is 0.178 e. The van der Waals surface area contributed by atoms with Crippen LogP contribution in [0, 0.1) is 4.77 Å². The molecule has 3 aromatic rings. The Morgan fingerprint density at radius 1 is 1.44 bits per heavy atom. The molecule has 0 radical (unpaired) electrons. The fourth-order valence-corrected chi connectivity index (χ4v) is 2.60. The number of para-hydroxylation sites is 1. The average molecular weight is 279 g/mol. The van der Waals surface area contributed by atoms with Crippen LogP contribution < -0.4 is 0 Å². The van der Waals surface area contributed by atoms with Gasteiger partial charge in [0.05, 0.1) is 28.8 Å². The van der Waals surface area contributed by atoms with Crippen LogP contribution in [0.5, 0.6) is 0 Å². The first kappa shape index (κ1) is 11.5. The topological polar surface area (TPSA) is 38.5 Å². The van der Waals surface area contributed by atoms with Crippen LogP contribution in [0.4, 0.5) is 0 Å². The average Bonchev–Trinajstić information content (AvgIpc) is 2.85. The highest BCUT2D eigenvalue weighted by atomic mass is 35.5. The summed E-state index contributed by atoms with van der Waals surface area (Å²) in [6, 6.07) is 5.74. The third-order valence-corrected chi connectivity index (χ3v) is 3.47. The Morgan fingerprint density at radius 3 is 3.00 bits per heavy atom. The van der Waals surface area contributed by atoms with Crippen LogP contribution in [0.2, 0.25) is 5.02 Å². The summed E-state index contributed by atoms with van der Waals surface area (Å²) in [5.41, 5.74) is 2.99. The molecular formula is C12H11ClN4S. The molecule has 0 fully saturated rings. The van der Waals surface area contributed by atoms with Gasteiger partial charge in [0.2, 0.25) is 0 Å². The van der Waals surface area contributed by atoms with Gasteiger partial charge in [-0.15, -0.1) is 0 Å². The Balaban J connectivity index is 2.16. The van der Waals surface area contributed by atoms with Gasteiger partial charge in [0.25, 0.3) is 0 Å². The van der Waals surface area contributed by atoms with Gasteiger partial charge in [-0.2, -0.15) is 5.10 Å². The van der Waals surface area contributed by atoms with Gasteiger partial charge in [-0.05, 0) is 24.4 Å². The predicted molar refractivity (Wildman–Crippen MR) is 74.4 cm³/mol. The van der Waals surface area contributed by atoms with Crippen LogP contribution >= 0.6 is 23.8 Å². The Labute approximate surface area is 114 Å². The minimum Gasteiger partial charge on any atom is -0.331 e. The van der Waals surface area contributed by atoms with Gasteiger partial charge < -0.3 is 9.55 Å². The van der Waals surface area contributed by atoms with E-state index in [-0.39, 0.29) is 0 Å². The largest absolute Gasteiger partial charge is 0.331 e. The molecule has 0 aliphatic rings. The molecule has 0 saturated carbocycles. The number of aromatic amines is 1. The lowest BCUT2D eigenvalue weighted by atomic mass is 10.3. The molecule has 0 aliphatic heterocycles. The Kier molecular flexibility index (Phi) is 2.72. The maximum absolute atomic E-state index is 6.24. The molecular weight excluding hydrogens is 268 g/mol. The van der Waals surface area contributed by atoms with Gasteiger partial charge in [-0.1, -0.05) is 17.7 Å². The van der Waals surface area contributed by atoms with Crippen molar-refractivity contribution in [2.24, 2.45) is 7.05 Å². The van der Waals surface area contributed by atoms with Crippen LogP contribution in [0.15, 0.2) is 30.6 Å². The zero-order valence-corrected chi connectivity index (χ0v) is 11.3. The van der Waals surface area contributed by atoms with E-state index in [9.17, 15) is 0 Å². The number of aryl methyl sites for hydroxylation is 1. The maximum Gasteiger partial charge on any atom is 0.178 e. The van der Waals surface area contributed by atoms with Crippen molar-refractivity contribution in [3.05, 3.63) is 45.9 Å². The van der Waals surface area contributed by atoms with E-state index < -0.39 is 0 Å². The second-order valence-corrected chi connectivity index (χ2v) is 4.97. The molecule has 92 valence electrons. The van der Waals surface area contributed by atoms with E-state index in [2.05, 4.69) is 10.1 Å². The Bertz CT molecular complexity index is 768. The third kappa shape index (κ3) is 1.85. The number of rotatable bonds is 2. The van der Waals surface area contributed by atoms with Crippen molar-refractivity contribution in [2.75, 3.05) is 0 Å². The van der Waals surface area contributed by atoms with E-state index >= 15 is 0 Å². The summed E-state index contributed by atoms with van der Waals surface area (Å²) in [7, 11) is 1.89. The Morgan fingerprint density at radius 2 is 2.28 bits per heavy atom. The van der Waals surface area contributed by atoms with Gasteiger partial charge in [0, 0.05) is 18.8 Å². The molecule has 0 spiro atoms. The fourth-order valence-electron chi connectivity index (χ4n) is 2.06. The van der Waals surface area contributed by atoms with Gasteiger partial charge >= 0.3 is 0 Å². The second-order valence-electron chi connectivity index (χ2n) is 4.17. The number of nitrogens with one attached hydrogen (secondary N) is 1. The van der Waals surface area contributed by atoms with E-state index in [0.717, 1.165) is 16.6 Å². The van der Waals surface area contributed by atoms with Gasteiger partial charge in [-0.3, -0.25) is 4.68 Å². The first-order valence-corrected chi connectivity index (χ1v) is 6.28. The normalized spacial score (nSPS) is 11.2. The molecule has 18 heavy (non-hydrogen) atoms. The highest BCUT2D eigenvalue weighted by Crippen LogP contribution is 2.23. The van der Waals surface area contributed by atoms with Crippen molar-refractivity contribution in [3.8, 4) is 0 Å². The molecule has 0 aliphatic carbocycles. The zero-order valence-electron chi connectivity index (χ0n) is 9.72. The summed E-state index contributed by atoms with van der Waals surface area (Å²) >= 11 is 11.6. The first-order chi connectivity index (χ1) is 8.65. The first-order valence-electron chi connectivity index (χ1n) is 5.50. The van der Waals surface area contributed by atoms with Crippen LogP contribution in [0.3, 0.4) is 0 Å². The van der Waals surface area contributed by atoms with Gasteiger partial charge in [-0.25, -0.2) is 0 Å². The SMILES string of the molecule is Cn1cc(Cn2c(=S)[nH]c3cccc(Cl)c32)cn1. The summed E-state index contributed by atoms with van der Waals surface area (Å²) in [5, 5.41) is 4.85. The monoisotopic (exact) mass is 278 g/mol. The quantitative estimate of drug-likeness (QED) is 0.732. The minimum absolute atomic E-state index is 0.663. The number of H-pyrrole nitrogens is 1. The molecule has 1 aromatic carbocycles. The summed E-state index contributed by atoms with van der Waals surface area (Å²) < 4.78 is 4.43.